The van der Waals surface area contributed by atoms with Crippen LogP contribution >= 0.6 is 0 Å². The maximum atomic E-state index is 12.7. The summed E-state index contributed by atoms with van der Waals surface area (Å²) in [5.41, 5.74) is 6.27. The minimum atomic E-state index is -0.781. The summed E-state index contributed by atoms with van der Waals surface area (Å²) in [7, 11) is 0. The molecule has 2 aromatic rings. The van der Waals surface area contributed by atoms with E-state index in [1.165, 1.54) is 31.2 Å². The minimum absolute atomic E-state index is 0.152. The van der Waals surface area contributed by atoms with Crippen molar-refractivity contribution in [2.24, 2.45) is 5.73 Å². The van der Waals surface area contributed by atoms with E-state index in [1.54, 1.807) is 0 Å². The third-order valence-electron chi connectivity index (χ3n) is 2.35. The Morgan fingerprint density at radius 1 is 1.35 bits per heavy atom. The highest BCUT2D eigenvalue weighted by Gasteiger charge is 2.19. The lowest BCUT2D eigenvalue weighted by molar-refractivity contribution is 0.146. The first-order chi connectivity index (χ1) is 8.08. The maximum absolute atomic E-state index is 12.7. The van der Waals surface area contributed by atoms with E-state index < -0.39 is 12.1 Å². The summed E-state index contributed by atoms with van der Waals surface area (Å²) >= 11 is 0. The molecule has 2 atom stereocenters. The van der Waals surface area contributed by atoms with Crippen molar-refractivity contribution in [3.63, 3.8) is 0 Å². The van der Waals surface area contributed by atoms with Gasteiger partial charge in [0.05, 0.1) is 6.10 Å². The second-order valence-electron chi connectivity index (χ2n) is 3.73. The molecule has 0 saturated carbocycles. The number of halogens is 1. The molecule has 6 heteroatoms. The lowest BCUT2D eigenvalue weighted by Crippen LogP contribution is -2.23. The zero-order valence-corrected chi connectivity index (χ0v) is 9.17. The average molecular weight is 237 g/mol. The van der Waals surface area contributed by atoms with Gasteiger partial charge in [-0.3, -0.25) is 0 Å². The van der Waals surface area contributed by atoms with Gasteiger partial charge in [0, 0.05) is 5.56 Å². The SMILES string of the molecule is C[C@@H](O)[C@H](N)c1nc(-c2ccc(F)cc2)no1. The number of nitrogens with two attached hydrogens (primary N) is 1. The summed E-state index contributed by atoms with van der Waals surface area (Å²) in [6.07, 6.45) is -0.781. The highest BCUT2D eigenvalue weighted by molar-refractivity contribution is 5.53. The molecular formula is C11H12FN3O2. The number of hydrogen-bond acceptors (Lipinski definition) is 5. The largest absolute Gasteiger partial charge is 0.391 e. The smallest absolute Gasteiger partial charge is 0.246 e. The lowest BCUT2D eigenvalue weighted by Gasteiger charge is -2.08. The Morgan fingerprint density at radius 2 is 2.00 bits per heavy atom. The first kappa shape index (κ1) is 11.7. The quantitative estimate of drug-likeness (QED) is 0.839. The van der Waals surface area contributed by atoms with Crippen LogP contribution in [0.25, 0.3) is 11.4 Å². The average Bonchev–Trinajstić information content (AvgIpc) is 2.78. The van der Waals surface area contributed by atoms with Crippen molar-refractivity contribution < 1.29 is 14.0 Å². The highest BCUT2D eigenvalue weighted by atomic mass is 19.1. The van der Waals surface area contributed by atoms with E-state index in [2.05, 4.69) is 10.1 Å². The highest BCUT2D eigenvalue weighted by Crippen LogP contribution is 2.19. The Kier molecular flexibility index (Phi) is 3.16. The maximum Gasteiger partial charge on any atom is 0.246 e. The van der Waals surface area contributed by atoms with Crippen molar-refractivity contribution in [3.8, 4) is 11.4 Å². The van der Waals surface area contributed by atoms with Gasteiger partial charge >= 0.3 is 0 Å². The van der Waals surface area contributed by atoms with Gasteiger partial charge < -0.3 is 15.4 Å². The molecule has 0 unspecified atom stereocenters. The molecule has 90 valence electrons. The third-order valence-corrected chi connectivity index (χ3v) is 2.35. The van der Waals surface area contributed by atoms with Crippen LogP contribution < -0.4 is 5.73 Å². The number of hydrogen-bond donors (Lipinski definition) is 2. The van der Waals surface area contributed by atoms with Crippen molar-refractivity contribution in [3.05, 3.63) is 36.0 Å². The summed E-state index contributed by atoms with van der Waals surface area (Å²) in [6.45, 7) is 1.53. The Bertz CT molecular complexity index is 496. The zero-order valence-electron chi connectivity index (χ0n) is 9.17. The van der Waals surface area contributed by atoms with Crippen LogP contribution in [0.5, 0.6) is 0 Å². The van der Waals surface area contributed by atoms with Gasteiger partial charge in [0.1, 0.15) is 11.9 Å². The molecule has 5 nitrogen and oxygen atoms in total. The molecule has 1 heterocycles. The number of aliphatic hydroxyl groups excluding tert-OH is 1. The normalized spacial score (nSPS) is 14.6. The Hall–Kier alpha value is -1.79. The monoisotopic (exact) mass is 237 g/mol. The van der Waals surface area contributed by atoms with Gasteiger partial charge in [-0.15, -0.1) is 0 Å². The van der Waals surface area contributed by atoms with Crippen LogP contribution in [0, 0.1) is 5.82 Å². The predicted molar refractivity (Wildman–Crippen MR) is 58.3 cm³/mol. The second kappa shape index (κ2) is 4.60. The van der Waals surface area contributed by atoms with Crippen molar-refractivity contribution in [1.29, 1.82) is 0 Å². The number of rotatable bonds is 3. The van der Waals surface area contributed by atoms with E-state index in [-0.39, 0.29) is 11.7 Å². The molecule has 0 aliphatic rings. The van der Waals surface area contributed by atoms with Crippen LogP contribution in [0.3, 0.4) is 0 Å². The van der Waals surface area contributed by atoms with Gasteiger partial charge in [0.25, 0.3) is 0 Å². The van der Waals surface area contributed by atoms with Crippen LogP contribution in [-0.2, 0) is 0 Å². The first-order valence-corrected chi connectivity index (χ1v) is 5.11. The molecule has 3 N–H and O–H groups in total. The summed E-state index contributed by atoms with van der Waals surface area (Å²) < 4.78 is 17.7. The molecule has 0 bridgehead atoms. The fourth-order valence-electron chi connectivity index (χ4n) is 1.29. The van der Waals surface area contributed by atoms with Gasteiger partial charge in [0.15, 0.2) is 0 Å². The molecule has 17 heavy (non-hydrogen) atoms. The van der Waals surface area contributed by atoms with Crippen LogP contribution in [-0.4, -0.2) is 21.4 Å². The molecular weight excluding hydrogens is 225 g/mol. The van der Waals surface area contributed by atoms with Crippen LogP contribution in [0.4, 0.5) is 4.39 Å². The van der Waals surface area contributed by atoms with Crippen LogP contribution in [0.2, 0.25) is 0 Å². The van der Waals surface area contributed by atoms with Gasteiger partial charge in [0.2, 0.25) is 11.7 Å². The van der Waals surface area contributed by atoms with E-state index in [0.29, 0.717) is 11.4 Å². The summed E-state index contributed by atoms with van der Waals surface area (Å²) in [5.74, 6) is 0.133. The topological polar surface area (TPSA) is 85.2 Å². The van der Waals surface area contributed by atoms with E-state index in [4.69, 9.17) is 10.3 Å². The van der Waals surface area contributed by atoms with Crippen molar-refractivity contribution in [2.45, 2.75) is 19.1 Å². The Morgan fingerprint density at radius 3 is 2.59 bits per heavy atom. The molecule has 1 aromatic carbocycles. The predicted octanol–water partition coefficient (Wildman–Crippen LogP) is 1.26. The molecule has 0 saturated heterocycles. The first-order valence-electron chi connectivity index (χ1n) is 5.11. The van der Waals surface area contributed by atoms with Crippen molar-refractivity contribution in [2.75, 3.05) is 0 Å². The van der Waals surface area contributed by atoms with Crippen LogP contribution in [0.15, 0.2) is 28.8 Å². The fourth-order valence-corrected chi connectivity index (χ4v) is 1.29. The molecule has 2 rings (SSSR count). The molecule has 0 radical (unpaired) electrons. The van der Waals surface area contributed by atoms with E-state index in [0.717, 1.165) is 0 Å². The third kappa shape index (κ3) is 2.48. The summed E-state index contributed by atoms with van der Waals surface area (Å²) in [6, 6.07) is 4.96. The minimum Gasteiger partial charge on any atom is -0.391 e. The van der Waals surface area contributed by atoms with E-state index in [9.17, 15) is 9.50 Å². The molecule has 0 aliphatic heterocycles. The van der Waals surface area contributed by atoms with E-state index in [1.807, 2.05) is 0 Å². The van der Waals surface area contributed by atoms with Crippen molar-refractivity contribution in [1.82, 2.24) is 10.1 Å². The number of aromatic nitrogens is 2. The van der Waals surface area contributed by atoms with Gasteiger partial charge in [-0.2, -0.15) is 4.98 Å². The van der Waals surface area contributed by atoms with Gasteiger partial charge in [-0.05, 0) is 31.2 Å². The molecule has 0 aliphatic carbocycles. The number of aliphatic hydroxyl groups is 1. The van der Waals surface area contributed by atoms with E-state index >= 15 is 0 Å². The molecule has 0 amide bonds. The molecule has 1 aromatic heterocycles. The van der Waals surface area contributed by atoms with Crippen molar-refractivity contribution >= 4 is 0 Å². The van der Waals surface area contributed by atoms with Gasteiger partial charge in [-0.1, -0.05) is 5.16 Å². The Labute approximate surface area is 97.1 Å². The van der Waals surface area contributed by atoms with Gasteiger partial charge in [-0.25, -0.2) is 4.39 Å². The zero-order chi connectivity index (χ0) is 12.4. The van der Waals surface area contributed by atoms with Crippen LogP contribution in [0.1, 0.15) is 18.9 Å². The standard InChI is InChI=1S/C11H12FN3O2/c1-6(16)9(13)11-14-10(15-17-11)7-2-4-8(12)5-3-7/h2-6,9,16H,13H2,1H3/t6-,9+/m1/s1. The summed E-state index contributed by atoms with van der Waals surface area (Å²) in [4.78, 5) is 4.05. The number of nitrogens with zero attached hydrogens (tertiary/aromatic N) is 2. The summed E-state index contributed by atoms with van der Waals surface area (Å²) in [5, 5.41) is 13.0. The Balaban J connectivity index is 2.26. The number of benzene rings is 1. The fraction of sp³-hybridized carbons (Fsp3) is 0.273. The second-order valence-corrected chi connectivity index (χ2v) is 3.73. The molecule has 0 spiro atoms. The lowest BCUT2D eigenvalue weighted by atomic mass is 10.2. The molecule has 0 fully saturated rings.